The molecular formula is C16H21N3O7. The smallest absolute Gasteiger partial charge is 0.450 e. The number of carboxylic acid groups (broad SMARTS) is 2. The summed E-state index contributed by atoms with van der Waals surface area (Å²) in [5.41, 5.74) is 14.0. The van der Waals surface area contributed by atoms with Crippen molar-refractivity contribution in [3.63, 3.8) is 0 Å². The topological polar surface area (TPSA) is 178 Å². The maximum Gasteiger partial charge on any atom is 0.503 e. The Kier molecular flexibility index (Phi) is 8.06. The molecular weight excluding hydrogens is 346 g/mol. The van der Waals surface area contributed by atoms with E-state index < -0.39 is 23.8 Å². The third-order valence-electron chi connectivity index (χ3n) is 3.35. The van der Waals surface area contributed by atoms with Gasteiger partial charge < -0.3 is 30.9 Å². The lowest BCUT2D eigenvalue weighted by Gasteiger charge is -2.13. The van der Waals surface area contributed by atoms with E-state index in [2.05, 4.69) is 5.48 Å². The van der Waals surface area contributed by atoms with Gasteiger partial charge >= 0.3 is 17.8 Å². The van der Waals surface area contributed by atoms with E-state index in [9.17, 15) is 9.59 Å². The Bertz CT molecular complexity index is 815. The van der Waals surface area contributed by atoms with Crippen LogP contribution < -0.4 is 22.6 Å². The summed E-state index contributed by atoms with van der Waals surface area (Å²) in [5.74, 6) is -0.652. The van der Waals surface area contributed by atoms with Gasteiger partial charge in [0.2, 0.25) is 0 Å². The van der Waals surface area contributed by atoms with Crippen molar-refractivity contribution in [1.82, 2.24) is 0 Å². The van der Waals surface area contributed by atoms with Crippen LogP contribution in [0.2, 0.25) is 0 Å². The number of nitrogens with two attached hydrogens (primary N) is 2. The summed E-state index contributed by atoms with van der Waals surface area (Å²) in [6.45, 7) is 2.19. The standard InChI is InChI=1S/C15H19N3O4.CH2O3/c1-9-10-5-2-3-7-12(10)21-15(20)13(9)18-22-14(19)11(17)6-4-8-16;2-1(3)4/h2-3,5,7,11,18H,4,6,8,16-17H2,1H3;(H2,2,3,4)/t11-;/m0./s1. The maximum atomic E-state index is 11.9. The molecule has 26 heavy (non-hydrogen) atoms. The zero-order valence-corrected chi connectivity index (χ0v) is 14.1. The molecule has 142 valence electrons. The summed E-state index contributed by atoms with van der Waals surface area (Å²) in [7, 11) is 0. The third kappa shape index (κ3) is 6.07. The number of anilines is 1. The number of aryl methyl sites for hydroxylation is 1. The quantitative estimate of drug-likeness (QED) is 0.368. The molecule has 0 bridgehead atoms. The first-order chi connectivity index (χ1) is 12.3. The molecule has 0 aliphatic rings. The molecule has 0 unspecified atom stereocenters. The van der Waals surface area contributed by atoms with Gasteiger partial charge in [-0.05, 0) is 37.9 Å². The molecule has 0 saturated heterocycles. The Morgan fingerprint density at radius 1 is 1.31 bits per heavy atom. The van der Waals surface area contributed by atoms with Crippen molar-refractivity contribution in [3.8, 4) is 0 Å². The van der Waals surface area contributed by atoms with Crippen molar-refractivity contribution < 1.29 is 29.1 Å². The van der Waals surface area contributed by atoms with Crippen LogP contribution in [-0.4, -0.2) is 34.9 Å². The normalized spacial score (nSPS) is 11.2. The van der Waals surface area contributed by atoms with Crippen molar-refractivity contribution in [1.29, 1.82) is 0 Å². The van der Waals surface area contributed by atoms with Crippen molar-refractivity contribution in [3.05, 3.63) is 40.2 Å². The summed E-state index contributed by atoms with van der Waals surface area (Å²) in [6, 6.07) is 6.32. The predicted octanol–water partition coefficient (Wildman–Crippen LogP) is 1.26. The fourth-order valence-electron chi connectivity index (χ4n) is 2.05. The first kappa shape index (κ1) is 20.9. The van der Waals surface area contributed by atoms with Gasteiger partial charge in [0, 0.05) is 5.39 Å². The van der Waals surface area contributed by atoms with E-state index >= 15 is 0 Å². The fourth-order valence-corrected chi connectivity index (χ4v) is 2.05. The molecule has 10 heteroatoms. The lowest BCUT2D eigenvalue weighted by molar-refractivity contribution is -0.142. The van der Waals surface area contributed by atoms with Gasteiger partial charge in [-0.3, -0.25) is 0 Å². The minimum atomic E-state index is -1.83. The van der Waals surface area contributed by atoms with Gasteiger partial charge in [-0.2, -0.15) is 0 Å². The molecule has 0 amide bonds. The Balaban J connectivity index is 0.000000765. The number of nitrogens with one attached hydrogen (secondary N) is 1. The van der Waals surface area contributed by atoms with Crippen molar-refractivity contribution in [2.45, 2.75) is 25.8 Å². The molecule has 1 aromatic heterocycles. The zero-order valence-electron chi connectivity index (χ0n) is 14.1. The van der Waals surface area contributed by atoms with Crippen LogP contribution in [0.3, 0.4) is 0 Å². The highest BCUT2D eigenvalue weighted by Gasteiger charge is 2.17. The highest BCUT2D eigenvalue weighted by atomic mass is 16.7. The minimum absolute atomic E-state index is 0.0816. The summed E-state index contributed by atoms with van der Waals surface area (Å²) >= 11 is 0. The molecule has 1 aromatic carbocycles. The van der Waals surface area contributed by atoms with Gasteiger partial charge in [-0.25, -0.2) is 19.9 Å². The fraction of sp³-hybridized carbons (Fsp3) is 0.312. The Hall–Kier alpha value is -3.11. The number of carbonyl (C=O) groups excluding carboxylic acids is 1. The molecule has 2 aromatic rings. The highest BCUT2D eigenvalue weighted by molar-refractivity contribution is 5.84. The Morgan fingerprint density at radius 3 is 2.54 bits per heavy atom. The zero-order chi connectivity index (χ0) is 19.7. The summed E-state index contributed by atoms with van der Waals surface area (Å²) in [6.07, 6.45) is -0.796. The third-order valence-corrected chi connectivity index (χ3v) is 3.35. The van der Waals surface area contributed by atoms with Gasteiger partial charge in [0.15, 0.2) is 5.69 Å². The Morgan fingerprint density at radius 2 is 1.92 bits per heavy atom. The van der Waals surface area contributed by atoms with Gasteiger partial charge in [-0.1, -0.05) is 18.2 Å². The van der Waals surface area contributed by atoms with Crippen LogP contribution in [-0.2, 0) is 9.63 Å². The Labute approximate surface area is 148 Å². The van der Waals surface area contributed by atoms with Gasteiger partial charge in [0.25, 0.3) is 0 Å². The van der Waals surface area contributed by atoms with Crippen molar-refractivity contribution in [2.75, 3.05) is 12.0 Å². The van der Waals surface area contributed by atoms with Gasteiger partial charge in [0.1, 0.15) is 11.6 Å². The number of hydrogen-bond donors (Lipinski definition) is 5. The monoisotopic (exact) mass is 367 g/mol. The second-order valence-corrected chi connectivity index (χ2v) is 5.23. The molecule has 0 saturated carbocycles. The van der Waals surface area contributed by atoms with Crippen LogP contribution in [0.5, 0.6) is 0 Å². The molecule has 1 heterocycles. The molecule has 0 aliphatic carbocycles. The molecule has 2 rings (SSSR count). The summed E-state index contributed by atoms with van der Waals surface area (Å²) in [5, 5.41) is 14.7. The molecule has 1 atom stereocenters. The van der Waals surface area contributed by atoms with E-state index in [4.69, 9.17) is 35.7 Å². The highest BCUT2D eigenvalue weighted by Crippen LogP contribution is 2.21. The van der Waals surface area contributed by atoms with Crippen LogP contribution in [0.4, 0.5) is 10.5 Å². The number of benzene rings is 1. The minimum Gasteiger partial charge on any atom is -0.450 e. The summed E-state index contributed by atoms with van der Waals surface area (Å²) in [4.78, 5) is 37.1. The molecule has 0 fully saturated rings. The van der Waals surface area contributed by atoms with E-state index in [1.54, 1.807) is 19.1 Å². The SMILES string of the molecule is Cc1c(NOC(=O)[C@@H](N)CCCN)c(=O)oc2ccccc12.O=C(O)O. The number of fused-ring (bicyclic) bond motifs is 1. The summed E-state index contributed by atoms with van der Waals surface area (Å²) < 4.78 is 5.17. The largest absolute Gasteiger partial charge is 0.503 e. The van der Waals surface area contributed by atoms with E-state index in [-0.39, 0.29) is 5.69 Å². The maximum absolute atomic E-state index is 11.9. The van der Waals surface area contributed by atoms with Gasteiger partial charge in [-0.15, -0.1) is 0 Å². The van der Waals surface area contributed by atoms with Crippen LogP contribution in [0, 0.1) is 6.92 Å². The second-order valence-electron chi connectivity index (χ2n) is 5.23. The van der Waals surface area contributed by atoms with Crippen LogP contribution in [0.25, 0.3) is 11.0 Å². The van der Waals surface area contributed by atoms with Gasteiger partial charge in [0.05, 0.1) is 0 Å². The lowest BCUT2D eigenvalue weighted by Crippen LogP contribution is -2.34. The molecule has 10 nitrogen and oxygen atoms in total. The molecule has 0 aliphatic heterocycles. The first-order valence-corrected chi connectivity index (χ1v) is 7.64. The first-order valence-electron chi connectivity index (χ1n) is 7.64. The van der Waals surface area contributed by atoms with E-state index in [1.165, 1.54) is 0 Å². The van der Waals surface area contributed by atoms with E-state index in [1.807, 2.05) is 12.1 Å². The predicted molar refractivity (Wildman–Crippen MR) is 93.9 cm³/mol. The average Bonchev–Trinajstić information content (AvgIpc) is 2.58. The average molecular weight is 367 g/mol. The molecule has 0 spiro atoms. The van der Waals surface area contributed by atoms with E-state index in [0.29, 0.717) is 30.5 Å². The second kappa shape index (κ2) is 10.0. The number of para-hydroxylation sites is 1. The van der Waals surface area contributed by atoms with Crippen molar-refractivity contribution >= 4 is 28.8 Å². The van der Waals surface area contributed by atoms with Crippen LogP contribution in [0.1, 0.15) is 18.4 Å². The molecule has 7 N–H and O–H groups in total. The van der Waals surface area contributed by atoms with Crippen LogP contribution in [0.15, 0.2) is 33.5 Å². The number of carbonyl (C=O) groups is 2. The van der Waals surface area contributed by atoms with Crippen LogP contribution >= 0.6 is 0 Å². The number of hydrogen-bond acceptors (Lipinski definition) is 8. The van der Waals surface area contributed by atoms with Crippen molar-refractivity contribution in [2.24, 2.45) is 11.5 Å². The number of rotatable bonds is 6. The molecule has 0 radical (unpaired) electrons. The lowest BCUT2D eigenvalue weighted by atomic mass is 10.1. The van der Waals surface area contributed by atoms with E-state index in [0.717, 1.165) is 5.39 Å².